The monoisotopic (exact) mass is 1060 g/mol. The van der Waals surface area contributed by atoms with E-state index in [1.807, 2.05) is 6.08 Å². The van der Waals surface area contributed by atoms with Crippen LogP contribution in [-0.4, -0.2) is 47.4 Å². The molecule has 0 aromatic rings. The fourth-order valence-corrected chi connectivity index (χ4v) is 11.1. The predicted octanol–water partition coefficient (Wildman–Crippen LogP) is 22.0. The summed E-state index contributed by atoms with van der Waals surface area (Å²) < 4.78 is 5.50. The van der Waals surface area contributed by atoms with Gasteiger partial charge in [-0.3, -0.25) is 9.59 Å². The van der Waals surface area contributed by atoms with Crippen molar-refractivity contribution >= 4 is 11.9 Å². The molecule has 6 heteroatoms. The first-order valence-corrected chi connectivity index (χ1v) is 34.5. The number of aliphatic hydroxyl groups excluding tert-OH is 2. The van der Waals surface area contributed by atoms with Crippen LogP contribution in [0.25, 0.3) is 0 Å². The van der Waals surface area contributed by atoms with Crippen molar-refractivity contribution < 1.29 is 24.5 Å². The molecule has 0 spiro atoms. The average molecular weight is 1060 g/mol. The Labute approximate surface area is 469 Å². The van der Waals surface area contributed by atoms with Crippen molar-refractivity contribution in [3.8, 4) is 0 Å². The molecule has 0 aliphatic rings. The fourth-order valence-electron chi connectivity index (χ4n) is 11.1. The summed E-state index contributed by atoms with van der Waals surface area (Å²) in [6.45, 7) is 4.95. The molecule has 0 aromatic heterocycles. The molecule has 2 atom stereocenters. The van der Waals surface area contributed by atoms with Crippen molar-refractivity contribution in [2.24, 2.45) is 0 Å². The van der Waals surface area contributed by atoms with Gasteiger partial charge in [0.2, 0.25) is 5.91 Å². The molecule has 2 unspecified atom stereocenters. The Morgan fingerprint density at radius 3 is 0.907 bits per heavy atom. The molecule has 0 saturated heterocycles. The molecule has 0 bridgehead atoms. The molecule has 0 aliphatic heterocycles. The lowest BCUT2D eigenvalue weighted by atomic mass is 10.0. The Morgan fingerprint density at radius 1 is 0.360 bits per heavy atom. The number of unbranched alkanes of at least 4 members (excludes halogenated alkanes) is 54. The highest BCUT2D eigenvalue weighted by atomic mass is 16.5. The summed E-state index contributed by atoms with van der Waals surface area (Å²) in [4.78, 5) is 24.6. The van der Waals surface area contributed by atoms with E-state index in [0.717, 1.165) is 38.5 Å². The highest BCUT2D eigenvalue weighted by Crippen LogP contribution is 2.19. The quantitative estimate of drug-likeness (QED) is 0.0320. The maximum Gasteiger partial charge on any atom is 0.305 e. The lowest BCUT2D eigenvalue weighted by Crippen LogP contribution is -2.45. The average Bonchev–Trinajstić information content (AvgIpc) is 3.41. The number of allylic oxidation sites excluding steroid dienone is 1. The molecule has 446 valence electrons. The molecular formula is C69H135NO5. The number of carbonyl (C=O) groups excluding carboxylic acids is 2. The van der Waals surface area contributed by atoms with Crippen LogP contribution in [0.4, 0.5) is 0 Å². The number of ether oxygens (including phenoxy) is 1. The number of nitrogens with one attached hydrogen (secondary N) is 1. The van der Waals surface area contributed by atoms with Gasteiger partial charge in [-0.05, 0) is 32.1 Å². The zero-order valence-electron chi connectivity index (χ0n) is 51.1. The maximum atomic E-state index is 12.5. The number of carbonyl (C=O) groups is 2. The van der Waals surface area contributed by atoms with Crippen LogP contribution < -0.4 is 5.32 Å². The van der Waals surface area contributed by atoms with E-state index in [2.05, 4.69) is 19.2 Å². The second kappa shape index (κ2) is 65.1. The zero-order chi connectivity index (χ0) is 54.3. The van der Waals surface area contributed by atoms with Crippen molar-refractivity contribution in [2.45, 2.75) is 405 Å². The highest BCUT2D eigenvalue weighted by Gasteiger charge is 2.18. The van der Waals surface area contributed by atoms with Gasteiger partial charge < -0.3 is 20.3 Å². The molecule has 75 heavy (non-hydrogen) atoms. The van der Waals surface area contributed by atoms with Crippen molar-refractivity contribution in [3.05, 3.63) is 12.2 Å². The second-order valence-corrected chi connectivity index (χ2v) is 23.9. The van der Waals surface area contributed by atoms with Gasteiger partial charge in [0.15, 0.2) is 0 Å². The van der Waals surface area contributed by atoms with Gasteiger partial charge in [-0.2, -0.15) is 0 Å². The standard InChI is InChI=1S/C69H135NO5/c1-3-5-7-9-11-13-15-17-19-33-37-41-45-49-53-57-61-67(72)66(65-71)70-68(73)62-58-54-50-46-42-38-34-31-29-27-25-23-21-22-24-26-28-30-32-36-40-44-48-52-56-60-64-75-69(74)63-59-55-51-47-43-39-35-20-18-16-14-12-10-8-6-4-2/h57,61,66-67,71-72H,3-56,58-60,62-65H2,1-2H3,(H,70,73)/b61-57+. The van der Waals surface area contributed by atoms with Gasteiger partial charge >= 0.3 is 5.97 Å². The fraction of sp³-hybridized carbons (Fsp3) is 0.942. The molecule has 3 N–H and O–H groups in total. The zero-order valence-corrected chi connectivity index (χ0v) is 51.1. The van der Waals surface area contributed by atoms with E-state index in [0.29, 0.717) is 19.4 Å². The van der Waals surface area contributed by atoms with Crippen LogP contribution in [0.15, 0.2) is 12.2 Å². The third-order valence-electron chi connectivity index (χ3n) is 16.3. The summed E-state index contributed by atoms with van der Waals surface area (Å²) in [5, 5.41) is 23.2. The van der Waals surface area contributed by atoms with Crippen LogP contribution in [0.5, 0.6) is 0 Å². The summed E-state index contributed by atoms with van der Waals surface area (Å²) in [5.74, 6) is -0.0413. The van der Waals surface area contributed by atoms with Gasteiger partial charge in [-0.25, -0.2) is 0 Å². The van der Waals surface area contributed by atoms with Gasteiger partial charge in [-0.1, -0.05) is 360 Å². The molecule has 0 saturated carbocycles. The first kappa shape index (κ1) is 73.6. The van der Waals surface area contributed by atoms with Gasteiger partial charge in [0.05, 0.1) is 25.4 Å². The third-order valence-corrected chi connectivity index (χ3v) is 16.3. The first-order valence-electron chi connectivity index (χ1n) is 34.5. The largest absolute Gasteiger partial charge is 0.466 e. The highest BCUT2D eigenvalue weighted by molar-refractivity contribution is 5.76. The van der Waals surface area contributed by atoms with E-state index in [4.69, 9.17) is 4.74 Å². The lowest BCUT2D eigenvalue weighted by molar-refractivity contribution is -0.143. The van der Waals surface area contributed by atoms with E-state index < -0.39 is 12.1 Å². The minimum absolute atomic E-state index is 0.0212. The molecule has 0 rings (SSSR count). The number of rotatable bonds is 65. The first-order chi connectivity index (χ1) is 37.0. The van der Waals surface area contributed by atoms with Crippen molar-refractivity contribution in [1.82, 2.24) is 5.32 Å². The smallest absolute Gasteiger partial charge is 0.305 e. The Hall–Kier alpha value is -1.40. The number of hydrogen-bond donors (Lipinski definition) is 3. The van der Waals surface area contributed by atoms with Crippen LogP contribution in [-0.2, 0) is 14.3 Å². The Morgan fingerprint density at radius 2 is 0.613 bits per heavy atom. The van der Waals surface area contributed by atoms with Gasteiger partial charge in [0, 0.05) is 12.8 Å². The Bertz CT molecular complexity index is 1130. The molecule has 0 radical (unpaired) electrons. The molecule has 0 aromatic carbocycles. The minimum atomic E-state index is -0.842. The van der Waals surface area contributed by atoms with Gasteiger partial charge in [0.25, 0.3) is 0 Å². The van der Waals surface area contributed by atoms with Crippen molar-refractivity contribution in [3.63, 3.8) is 0 Å². The molecular weight excluding hydrogens is 923 g/mol. The normalized spacial score (nSPS) is 12.5. The van der Waals surface area contributed by atoms with E-state index in [1.54, 1.807) is 6.08 Å². The summed E-state index contributed by atoms with van der Waals surface area (Å²) in [6, 6.07) is -0.625. The lowest BCUT2D eigenvalue weighted by Gasteiger charge is -2.20. The number of aliphatic hydroxyl groups is 2. The molecule has 1 amide bonds. The van der Waals surface area contributed by atoms with Crippen molar-refractivity contribution in [1.29, 1.82) is 0 Å². The molecule has 0 heterocycles. The summed E-state index contributed by atoms with van der Waals surface area (Å²) in [5.41, 5.74) is 0. The Balaban J connectivity index is 3.35. The molecule has 0 fully saturated rings. The summed E-state index contributed by atoms with van der Waals surface area (Å²) in [7, 11) is 0. The second-order valence-electron chi connectivity index (χ2n) is 23.9. The van der Waals surface area contributed by atoms with E-state index >= 15 is 0 Å². The number of esters is 1. The SMILES string of the molecule is CCCCCCCCCCCCCCCC/C=C/C(O)C(CO)NC(=O)CCCCCCCCCCCCCCCCCCCCCCCCCCCCOC(=O)CCCCCCCCCCCCCCCCCC. The van der Waals surface area contributed by atoms with E-state index in [9.17, 15) is 19.8 Å². The molecule has 6 nitrogen and oxygen atoms in total. The van der Waals surface area contributed by atoms with Crippen molar-refractivity contribution in [2.75, 3.05) is 13.2 Å². The van der Waals surface area contributed by atoms with E-state index in [1.165, 1.54) is 327 Å². The van der Waals surface area contributed by atoms with Crippen LogP contribution in [0.2, 0.25) is 0 Å². The molecule has 0 aliphatic carbocycles. The topological polar surface area (TPSA) is 95.9 Å². The third kappa shape index (κ3) is 61.7. The van der Waals surface area contributed by atoms with Gasteiger partial charge in [-0.15, -0.1) is 0 Å². The van der Waals surface area contributed by atoms with Crippen LogP contribution in [0.1, 0.15) is 393 Å². The van der Waals surface area contributed by atoms with Gasteiger partial charge in [0.1, 0.15) is 0 Å². The summed E-state index contributed by atoms with van der Waals surface area (Å²) in [6.07, 6.45) is 80.0. The Kier molecular flexibility index (Phi) is 63.9. The summed E-state index contributed by atoms with van der Waals surface area (Å²) >= 11 is 0. The van der Waals surface area contributed by atoms with Crippen LogP contribution in [0, 0.1) is 0 Å². The number of hydrogen-bond acceptors (Lipinski definition) is 5. The predicted molar refractivity (Wildman–Crippen MR) is 329 cm³/mol. The number of amides is 1. The van der Waals surface area contributed by atoms with Crippen LogP contribution >= 0.6 is 0 Å². The maximum absolute atomic E-state index is 12.5. The van der Waals surface area contributed by atoms with E-state index in [-0.39, 0.29) is 18.5 Å². The minimum Gasteiger partial charge on any atom is -0.466 e. The van der Waals surface area contributed by atoms with Crippen LogP contribution in [0.3, 0.4) is 0 Å².